The third-order valence-corrected chi connectivity index (χ3v) is 0.398. The van der Waals surface area contributed by atoms with E-state index in [-0.39, 0.29) is 0 Å². The minimum absolute atomic E-state index is 2.23. The van der Waals surface area contributed by atoms with E-state index < -0.39 is 18.9 Å². The molecule has 0 bridgehead atoms. The van der Waals surface area contributed by atoms with Gasteiger partial charge in [-0.1, -0.05) is 0 Å². The lowest BCUT2D eigenvalue weighted by Crippen LogP contribution is -2.26. The summed E-state index contributed by atoms with van der Waals surface area (Å²) in [7, 11) is 0. The third kappa shape index (κ3) is 6.96. The van der Waals surface area contributed by atoms with Crippen LogP contribution in [0.5, 0.6) is 0 Å². The molecule has 0 unspecified atom stereocenters. The van der Waals surface area contributed by atoms with Crippen LogP contribution in [0.1, 0.15) is 0 Å². The van der Waals surface area contributed by atoms with E-state index in [4.69, 9.17) is 0 Å². The summed E-state index contributed by atoms with van der Waals surface area (Å²) in [4.78, 5) is 9.59. The Labute approximate surface area is 60.9 Å². The molecule has 0 rings (SSSR count). The molecule has 0 atom stereocenters. The molecular weight excluding hydrogens is 198 g/mol. The minimum Gasteiger partial charge on any atom is -0.340 e. The molecule has 0 aromatic heterocycles. The molecule has 0 amide bonds. The molecule has 0 aromatic rings. The quantitative estimate of drug-likeness (QED) is 0.442. The normalized spacial score (nSPS) is 12.5. The van der Waals surface area contributed by atoms with Gasteiger partial charge in [-0.25, -0.2) is 4.79 Å². The van der Waals surface area contributed by atoms with E-state index >= 15 is 0 Å². The summed E-state index contributed by atoms with van der Waals surface area (Å²) in [5.74, 6) is 0. The van der Waals surface area contributed by atoms with Crippen LogP contribution >= 0.6 is 0 Å². The van der Waals surface area contributed by atoms with Crippen LogP contribution in [0.25, 0.3) is 0 Å². The van der Waals surface area contributed by atoms with Crippen molar-refractivity contribution in [2.75, 3.05) is 0 Å². The van der Waals surface area contributed by atoms with Gasteiger partial charge in [0.15, 0.2) is 0 Å². The third-order valence-electron chi connectivity index (χ3n) is 0.398. The first kappa shape index (κ1) is 10.8. The van der Waals surface area contributed by atoms with Crippen molar-refractivity contribution in [2.24, 2.45) is 0 Å². The van der Waals surface area contributed by atoms with Crippen molar-refractivity contribution in [3.63, 3.8) is 0 Å². The van der Waals surface area contributed by atoms with Gasteiger partial charge in [-0.3, -0.25) is 0 Å². The number of rotatable bonds is 0. The molecule has 12 heavy (non-hydrogen) atoms. The van der Waals surface area contributed by atoms with Crippen LogP contribution in [0, 0.1) is 0 Å². The summed E-state index contributed by atoms with van der Waals surface area (Å²) < 4.78 is 70.4. The highest BCUT2D eigenvalue weighted by Gasteiger charge is 2.41. The first-order valence-electron chi connectivity index (χ1n) is 2.15. The number of hydrogen-bond acceptors (Lipinski definition) is 3. The van der Waals surface area contributed by atoms with Gasteiger partial charge in [-0.05, 0) is 0 Å². The van der Waals surface area contributed by atoms with Crippen molar-refractivity contribution in [1.29, 1.82) is 0 Å². The fraction of sp³-hybridized carbons (Fsp3) is 0.667. The highest BCUT2D eigenvalue weighted by Crippen LogP contribution is 2.21. The molecular formula is C3F6O3. The van der Waals surface area contributed by atoms with Crippen LogP contribution in [-0.2, 0) is 9.47 Å². The number of ether oxygens (including phenoxy) is 2. The topological polar surface area (TPSA) is 35.5 Å². The SMILES string of the molecule is O=C(OC(F)(F)F)OC(F)(F)F. The molecule has 0 aliphatic carbocycles. The molecule has 3 nitrogen and oxygen atoms in total. The summed E-state index contributed by atoms with van der Waals surface area (Å²) in [5, 5.41) is 0. The van der Waals surface area contributed by atoms with Crippen molar-refractivity contribution < 1.29 is 40.6 Å². The Hall–Kier alpha value is -1.15. The zero-order chi connectivity index (χ0) is 9.99. The van der Waals surface area contributed by atoms with E-state index in [2.05, 4.69) is 9.47 Å². The van der Waals surface area contributed by atoms with Gasteiger partial charge >= 0.3 is 18.9 Å². The maximum atomic E-state index is 11.0. The number of carbonyl (C=O) groups is 1. The van der Waals surface area contributed by atoms with E-state index in [1.807, 2.05) is 0 Å². The molecule has 0 saturated carbocycles. The van der Waals surface area contributed by atoms with Crippen molar-refractivity contribution in [2.45, 2.75) is 12.7 Å². The van der Waals surface area contributed by atoms with Crippen LogP contribution in [0.3, 0.4) is 0 Å². The summed E-state index contributed by atoms with van der Waals surface area (Å²) in [6.45, 7) is 0. The highest BCUT2D eigenvalue weighted by molar-refractivity contribution is 5.60. The Morgan fingerprint density at radius 3 is 1.25 bits per heavy atom. The average Bonchev–Trinajstić information content (AvgIpc) is 1.49. The van der Waals surface area contributed by atoms with Crippen LogP contribution in [0.4, 0.5) is 31.1 Å². The lowest BCUT2D eigenvalue weighted by Gasteiger charge is -2.08. The largest absolute Gasteiger partial charge is 0.577 e. The number of carbonyl (C=O) groups excluding carboxylic acids is 1. The first-order chi connectivity index (χ1) is 5.10. The average molecular weight is 198 g/mol. The van der Waals surface area contributed by atoms with Gasteiger partial charge < -0.3 is 9.47 Å². The summed E-state index contributed by atoms with van der Waals surface area (Å²) >= 11 is 0. The molecule has 0 aliphatic rings. The number of hydrogen-bond donors (Lipinski definition) is 0. The van der Waals surface area contributed by atoms with Gasteiger partial charge in [0.2, 0.25) is 0 Å². The molecule has 0 spiro atoms. The Morgan fingerprint density at radius 2 is 1.08 bits per heavy atom. The molecule has 0 heterocycles. The molecule has 72 valence electrons. The minimum atomic E-state index is -5.48. The van der Waals surface area contributed by atoms with Gasteiger partial charge in [0, 0.05) is 0 Å². The molecule has 0 saturated heterocycles. The monoisotopic (exact) mass is 198 g/mol. The molecule has 0 N–H and O–H groups in total. The standard InChI is InChI=1S/C3F6O3/c4-2(5,6)11-1(10)12-3(7,8)9. The van der Waals surface area contributed by atoms with Gasteiger partial charge in [-0.2, -0.15) is 0 Å². The Balaban J connectivity index is 3.92. The first-order valence-corrected chi connectivity index (χ1v) is 2.15. The van der Waals surface area contributed by atoms with E-state index in [0.717, 1.165) is 0 Å². The number of alkyl halides is 6. The molecule has 0 radical (unpaired) electrons. The molecule has 0 aliphatic heterocycles. The van der Waals surface area contributed by atoms with Crippen molar-refractivity contribution in [3.8, 4) is 0 Å². The van der Waals surface area contributed by atoms with Gasteiger partial charge in [0.1, 0.15) is 0 Å². The van der Waals surface area contributed by atoms with E-state index in [0.29, 0.717) is 0 Å². The highest BCUT2D eigenvalue weighted by atomic mass is 19.4. The fourth-order valence-corrected chi connectivity index (χ4v) is 0.210. The molecule has 0 fully saturated rings. The van der Waals surface area contributed by atoms with Crippen molar-refractivity contribution >= 4 is 6.16 Å². The fourth-order valence-electron chi connectivity index (χ4n) is 0.210. The van der Waals surface area contributed by atoms with Crippen LogP contribution in [-0.4, -0.2) is 18.9 Å². The van der Waals surface area contributed by atoms with Crippen LogP contribution < -0.4 is 0 Å². The molecule has 9 heteroatoms. The number of halogens is 6. The Bertz CT molecular complexity index is 150. The lowest BCUT2D eigenvalue weighted by atomic mass is 11.2. The summed E-state index contributed by atoms with van der Waals surface area (Å²) in [6, 6.07) is 0. The second kappa shape index (κ2) is 3.07. The lowest BCUT2D eigenvalue weighted by molar-refractivity contribution is -0.338. The zero-order valence-corrected chi connectivity index (χ0v) is 4.99. The van der Waals surface area contributed by atoms with Gasteiger partial charge in [0.05, 0.1) is 0 Å². The van der Waals surface area contributed by atoms with E-state index in [1.54, 1.807) is 0 Å². The van der Waals surface area contributed by atoms with Gasteiger partial charge in [0.25, 0.3) is 0 Å². The Morgan fingerprint density at radius 1 is 0.833 bits per heavy atom. The second-order valence-electron chi connectivity index (χ2n) is 1.35. The molecule has 0 aromatic carbocycles. The van der Waals surface area contributed by atoms with E-state index in [9.17, 15) is 31.1 Å². The van der Waals surface area contributed by atoms with Crippen LogP contribution in [0.2, 0.25) is 0 Å². The zero-order valence-electron chi connectivity index (χ0n) is 4.99. The maximum Gasteiger partial charge on any atom is 0.577 e. The predicted molar refractivity (Wildman–Crippen MR) is 19.7 cm³/mol. The predicted octanol–water partition coefficient (Wildman–Crippen LogP) is 2.18. The maximum absolute atomic E-state index is 11.0. The van der Waals surface area contributed by atoms with E-state index in [1.165, 1.54) is 0 Å². The summed E-state index contributed by atoms with van der Waals surface area (Å²) in [6.07, 6.45) is -13.8. The summed E-state index contributed by atoms with van der Waals surface area (Å²) in [5.41, 5.74) is 0. The smallest absolute Gasteiger partial charge is 0.340 e. The van der Waals surface area contributed by atoms with Crippen molar-refractivity contribution in [1.82, 2.24) is 0 Å². The van der Waals surface area contributed by atoms with Gasteiger partial charge in [-0.15, -0.1) is 26.3 Å². The Kier molecular flexibility index (Phi) is 2.78. The second-order valence-corrected chi connectivity index (χ2v) is 1.35. The van der Waals surface area contributed by atoms with Crippen LogP contribution in [0.15, 0.2) is 0 Å². The van der Waals surface area contributed by atoms with Crippen molar-refractivity contribution in [3.05, 3.63) is 0 Å².